The predicted octanol–water partition coefficient (Wildman–Crippen LogP) is 5.86. The van der Waals surface area contributed by atoms with E-state index >= 15 is 0 Å². The molecule has 0 saturated heterocycles. The first-order valence-electron chi connectivity index (χ1n) is 9.01. The van der Waals surface area contributed by atoms with E-state index in [-0.39, 0.29) is 5.92 Å². The molecule has 1 atom stereocenters. The summed E-state index contributed by atoms with van der Waals surface area (Å²) in [6.07, 6.45) is 0. The summed E-state index contributed by atoms with van der Waals surface area (Å²) in [6.45, 7) is 4.24. The molecule has 0 fully saturated rings. The number of hydrogen-bond acceptors (Lipinski definition) is 4. The van der Waals surface area contributed by atoms with Gasteiger partial charge in [0.1, 0.15) is 28.6 Å². The molecule has 136 valence electrons. The maximum absolute atomic E-state index is 6.47. The van der Waals surface area contributed by atoms with Crippen molar-refractivity contribution in [3.05, 3.63) is 81.6 Å². The fourth-order valence-electron chi connectivity index (χ4n) is 4.07. The highest BCUT2D eigenvalue weighted by Crippen LogP contribution is 2.54. The normalized spacial score (nSPS) is 19.3. The molecule has 5 rings (SSSR count). The molecular formula is C23H20O3S. The van der Waals surface area contributed by atoms with Crippen LogP contribution in [0, 0.1) is 0 Å². The van der Waals surface area contributed by atoms with Crippen LogP contribution in [0.3, 0.4) is 0 Å². The van der Waals surface area contributed by atoms with E-state index in [9.17, 15) is 0 Å². The van der Waals surface area contributed by atoms with Gasteiger partial charge in [0, 0.05) is 16.0 Å². The number of fused-ring (bicyclic) bond motifs is 3. The Bertz CT molecular complexity index is 1050. The van der Waals surface area contributed by atoms with Crippen molar-refractivity contribution < 1.29 is 14.2 Å². The van der Waals surface area contributed by atoms with Gasteiger partial charge in [0.2, 0.25) is 0 Å². The number of rotatable bonds is 2. The summed E-state index contributed by atoms with van der Waals surface area (Å²) < 4.78 is 18.4. The highest BCUT2D eigenvalue weighted by molar-refractivity contribution is 7.10. The summed E-state index contributed by atoms with van der Waals surface area (Å²) in [5.41, 5.74) is 2.80. The van der Waals surface area contributed by atoms with Gasteiger partial charge in [-0.3, -0.25) is 0 Å². The second-order valence-corrected chi connectivity index (χ2v) is 8.28. The van der Waals surface area contributed by atoms with Crippen molar-refractivity contribution in [3.8, 4) is 17.2 Å². The van der Waals surface area contributed by atoms with Gasteiger partial charge in [-0.15, -0.1) is 11.3 Å². The summed E-state index contributed by atoms with van der Waals surface area (Å²) in [4.78, 5) is 1.27. The smallest absolute Gasteiger partial charge is 0.142 e. The van der Waals surface area contributed by atoms with E-state index in [0.717, 1.165) is 39.7 Å². The summed E-state index contributed by atoms with van der Waals surface area (Å²) in [5, 5.41) is 2.12. The number of hydrogen-bond donors (Lipinski definition) is 0. The second kappa shape index (κ2) is 5.89. The van der Waals surface area contributed by atoms with E-state index in [1.165, 1.54) is 4.88 Å². The number of benzene rings is 2. The molecule has 0 amide bonds. The minimum absolute atomic E-state index is 0.0715. The number of para-hydroxylation sites is 1. The molecule has 1 aromatic heterocycles. The molecule has 0 spiro atoms. The van der Waals surface area contributed by atoms with Crippen LogP contribution in [0.2, 0.25) is 0 Å². The Morgan fingerprint density at radius 1 is 1.00 bits per heavy atom. The van der Waals surface area contributed by atoms with Crippen molar-refractivity contribution in [2.24, 2.45) is 0 Å². The van der Waals surface area contributed by atoms with Crippen molar-refractivity contribution >= 4 is 17.1 Å². The highest BCUT2D eigenvalue weighted by atomic mass is 32.1. The van der Waals surface area contributed by atoms with Gasteiger partial charge in [0.15, 0.2) is 0 Å². The van der Waals surface area contributed by atoms with E-state index in [1.54, 1.807) is 18.4 Å². The fraction of sp³-hybridized carbons (Fsp3) is 0.217. The minimum atomic E-state index is -0.487. The van der Waals surface area contributed by atoms with Crippen molar-refractivity contribution in [2.45, 2.75) is 25.4 Å². The third-order valence-corrected chi connectivity index (χ3v) is 6.18. The monoisotopic (exact) mass is 376 g/mol. The summed E-state index contributed by atoms with van der Waals surface area (Å²) in [5.74, 6) is 3.56. The zero-order valence-electron chi connectivity index (χ0n) is 15.5. The molecule has 0 aliphatic carbocycles. The molecule has 3 nitrogen and oxygen atoms in total. The minimum Gasteiger partial charge on any atom is -0.497 e. The van der Waals surface area contributed by atoms with Gasteiger partial charge in [-0.05, 0) is 55.6 Å². The Kier molecular flexibility index (Phi) is 3.59. The molecular weight excluding hydrogens is 356 g/mol. The fourth-order valence-corrected chi connectivity index (χ4v) is 4.92. The van der Waals surface area contributed by atoms with Crippen LogP contribution in [0.15, 0.2) is 65.6 Å². The number of thiophene rings is 1. The highest BCUT2D eigenvalue weighted by Gasteiger charge is 2.45. The Morgan fingerprint density at radius 2 is 1.85 bits per heavy atom. The van der Waals surface area contributed by atoms with E-state index in [4.69, 9.17) is 14.2 Å². The first-order chi connectivity index (χ1) is 13.1. The maximum atomic E-state index is 6.47. The lowest BCUT2D eigenvalue weighted by atomic mass is 9.76. The Labute approximate surface area is 162 Å². The van der Waals surface area contributed by atoms with E-state index < -0.39 is 5.60 Å². The molecule has 2 aromatic carbocycles. The van der Waals surface area contributed by atoms with E-state index in [1.807, 2.05) is 30.3 Å². The van der Waals surface area contributed by atoms with Gasteiger partial charge in [-0.2, -0.15) is 0 Å². The van der Waals surface area contributed by atoms with Crippen LogP contribution in [-0.4, -0.2) is 12.7 Å². The van der Waals surface area contributed by atoms with Gasteiger partial charge >= 0.3 is 0 Å². The lowest BCUT2D eigenvalue weighted by Gasteiger charge is -2.42. The molecule has 3 heterocycles. The van der Waals surface area contributed by atoms with Crippen LogP contribution in [0.1, 0.15) is 35.8 Å². The molecule has 3 aromatic rings. The maximum Gasteiger partial charge on any atom is 0.142 e. The molecule has 2 aliphatic rings. The van der Waals surface area contributed by atoms with Crippen LogP contribution in [0.25, 0.3) is 5.76 Å². The van der Waals surface area contributed by atoms with Gasteiger partial charge in [-0.1, -0.05) is 18.2 Å². The van der Waals surface area contributed by atoms with Crippen molar-refractivity contribution in [1.29, 1.82) is 0 Å². The summed E-state index contributed by atoms with van der Waals surface area (Å²) in [6, 6.07) is 18.4. The standard InChI is InChI=1S/C23H20O3S/c1-23(2)21-20(19-9-6-12-27-19)16-13-14(24-3)10-11-17(16)25-22(21)15-7-4-5-8-18(15)26-23/h4-13,20H,1-3H3. The lowest BCUT2D eigenvalue weighted by molar-refractivity contribution is 0.132. The van der Waals surface area contributed by atoms with Gasteiger partial charge in [0.25, 0.3) is 0 Å². The zero-order chi connectivity index (χ0) is 18.6. The average Bonchev–Trinajstić information content (AvgIpc) is 3.20. The molecule has 27 heavy (non-hydrogen) atoms. The van der Waals surface area contributed by atoms with Gasteiger partial charge in [-0.25, -0.2) is 0 Å². The van der Waals surface area contributed by atoms with Gasteiger partial charge in [0.05, 0.1) is 18.6 Å². The first-order valence-corrected chi connectivity index (χ1v) is 9.89. The zero-order valence-corrected chi connectivity index (χ0v) is 16.3. The summed E-state index contributed by atoms with van der Waals surface area (Å²) >= 11 is 1.76. The number of methoxy groups -OCH3 is 1. The van der Waals surface area contributed by atoms with E-state index in [2.05, 4.69) is 43.5 Å². The SMILES string of the molecule is COc1ccc2c(c1)C(c1cccs1)C1=C(O2)c2ccccc2OC1(C)C. The molecule has 0 saturated carbocycles. The topological polar surface area (TPSA) is 27.7 Å². The van der Waals surface area contributed by atoms with Crippen molar-refractivity contribution in [2.75, 3.05) is 7.11 Å². The van der Waals surface area contributed by atoms with Gasteiger partial charge < -0.3 is 14.2 Å². The first kappa shape index (κ1) is 16.5. The molecule has 0 N–H and O–H groups in total. The molecule has 0 radical (unpaired) electrons. The third-order valence-electron chi connectivity index (χ3n) is 5.25. The molecule has 1 unspecified atom stereocenters. The molecule has 4 heteroatoms. The lowest BCUT2D eigenvalue weighted by Crippen LogP contribution is -2.39. The second-order valence-electron chi connectivity index (χ2n) is 7.31. The quantitative estimate of drug-likeness (QED) is 0.560. The number of ether oxygens (including phenoxy) is 3. The van der Waals surface area contributed by atoms with Crippen LogP contribution in [0.5, 0.6) is 17.2 Å². The third kappa shape index (κ3) is 2.47. The van der Waals surface area contributed by atoms with Crippen molar-refractivity contribution in [3.63, 3.8) is 0 Å². The van der Waals surface area contributed by atoms with Crippen LogP contribution < -0.4 is 14.2 Å². The average molecular weight is 376 g/mol. The Balaban J connectivity index is 1.81. The molecule has 0 bridgehead atoms. The van der Waals surface area contributed by atoms with Crippen LogP contribution >= 0.6 is 11.3 Å². The van der Waals surface area contributed by atoms with Crippen molar-refractivity contribution in [1.82, 2.24) is 0 Å². The summed E-state index contributed by atoms with van der Waals surface area (Å²) in [7, 11) is 1.69. The molecule has 2 aliphatic heterocycles. The Morgan fingerprint density at radius 3 is 2.63 bits per heavy atom. The van der Waals surface area contributed by atoms with Crippen LogP contribution in [-0.2, 0) is 0 Å². The Hall–Kier alpha value is -2.72. The largest absolute Gasteiger partial charge is 0.497 e. The predicted molar refractivity (Wildman–Crippen MR) is 108 cm³/mol. The van der Waals surface area contributed by atoms with E-state index in [0.29, 0.717) is 0 Å². The van der Waals surface area contributed by atoms with Crippen LogP contribution in [0.4, 0.5) is 0 Å².